The molecule has 1 saturated heterocycles. The highest BCUT2D eigenvalue weighted by molar-refractivity contribution is 7.09. The number of aryl methyl sites for hydroxylation is 1. The molecule has 0 bridgehead atoms. The molecule has 1 aromatic heterocycles. The minimum Gasteiger partial charge on any atom is -0.391 e. The number of morpholine rings is 1. The molecule has 1 amide bonds. The molecule has 2 fully saturated rings. The van der Waals surface area contributed by atoms with Crippen molar-refractivity contribution in [2.45, 2.75) is 75.8 Å². The minimum atomic E-state index is -1.40. The van der Waals surface area contributed by atoms with Crippen molar-refractivity contribution in [3.8, 4) is 11.1 Å². The maximum atomic E-state index is 13.8. The molecule has 3 N–H and O–H groups in total. The number of nitrogens with zero attached hydrogens (tertiary/aromatic N) is 2. The lowest BCUT2D eigenvalue weighted by molar-refractivity contribution is -0.167. The number of aromatic nitrogens is 1. The van der Waals surface area contributed by atoms with E-state index >= 15 is 0 Å². The lowest BCUT2D eigenvalue weighted by atomic mass is 9.78. The molecule has 2 heterocycles. The number of halogens is 1. The van der Waals surface area contributed by atoms with Crippen LogP contribution in [-0.4, -0.2) is 77.7 Å². The maximum Gasteiger partial charge on any atom is 0.226 e. The number of carbonyl (C=O) groups is 1. The summed E-state index contributed by atoms with van der Waals surface area (Å²) in [6, 6.07) is 13.7. The number of carbonyl (C=O) groups excluding carboxylic acids is 1. The van der Waals surface area contributed by atoms with Gasteiger partial charge in [-0.3, -0.25) is 4.79 Å². The van der Waals surface area contributed by atoms with Crippen LogP contribution < -0.4 is 5.32 Å². The molecule has 0 spiro atoms. The predicted octanol–water partition coefficient (Wildman–Crippen LogP) is 5.19. The van der Waals surface area contributed by atoms with Gasteiger partial charge in [0.1, 0.15) is 16.7 Å². The van der Waals surface area contributed by atoms with Gasteiger partial charge in [0.15, 0.2) is 0 Å². The molecular formula is C34H44ClN3O5S. The number of aliphatic hydroxyl groups excluding tert-OH is 1. The second kappa shape index (κ2) is 15.3. The summed E-state index contributed by atoms with van der Waals surface area (Å²) in [5, 5.41) is 30.3. The van der Waals surface area contributed by atoms with E-state index in [4.69, 9.17) is 21.1 Å². The van der Waals surface area contributed by atoms with Crippen LogP contribution in [-0.2, 0) is 32.8 Å². The molecular weight excluding hydrogens is 598 g/mol. The summed E-state index contributed by atoms with van der Waals surface area (Å²) in [6.07, 6.45) is 4.27. The highest BCUT2D eigenvalue weighted by Crippen LogP contribution is 2.43. The Kier molecular flexibility index (Phi) is 11.5. The minimum absolute atomic E-state index is 0.000374. The molecule has 0 radical (unpaired) electrons. The van der Waals surface area contributed by atoms with Crippen LogP contribution in [0.4, 0.5) is 0 Å². The Morgan fingerprint density at radius 1 is 1.25 bits per heavy atom. The van der Waals surface area contributed by atoms with Crippen molar-refractivity contribution >= 4 is 28.8 Å². The van der Waals surface area contributed by atoms with Gasteiger partial charge in [0.25, 0.3) is 0 Å². The molecule has 1 aliphatic heterocycles. The van der Waals surface area contributed by atoms with Crippen molar-refractivity contribution in [2.24, 2.45) is 5.92 Å². The van der Waals surface area contributed by atoms with E-state index in [9.17, 15) is 15.0 Å². The van der Waals surface area contributed by atoms with E-state index in [1.54, 1.807) is 24.6 Å². The SMILES string of the molecule is CCc1cccc(-c2c(Cl)cccc2[C@](O)(CCCCOC)C2CN(C(=O)[C@@H]3C[C@H](O)[C@H](NCc4nccs4)C3)CCO2)c1. The zero-order chi connectivity index (χ0) is 31.1. The predicted molar refractivity (Wildman–Crippen MR) is 174 cm³/mol. The van der Waals surface area contributed by atoms with Gasteiger partial charge < -0.3 is 29.9 Å². The van der Waals surface area contributed by atoms with Gasteiger partial charge in [-0.1, -0.05) is 54.9 Å². The number of hydrogen-bond acceptors (Lipinski definition) is 8. The molecule has 2 aromatic carbocycles. The third-order valence-corrected chi connectivity index (χ3v) is 10.1. The normalized spacial score (nSPS) is 23.5. The number of benzene rings is 2. The molecule has 238 valence electrons. The van der Waals surface area contributed by atoms with Gasteiger partial charge in [0.05, 0.1) is 19.3 Å². The first kappa shape index (κ1) is 33.0. The smallest absolute Gasteiger partial charge is 0.226 e. The van der Waals surface area contributed by atoms with E-state index in [1.807, 2.05) is 40.6 Å². The average molecular weight is 642 g/mol. The first-order valence-electron chi connectivity index (χ1n) is 15.6. The molecule has 1 unspecified atom stereocenters. The fourth-order valence-corrected chi connectivity index (χ4v) is 7.48. The van der Waals surface area contributed by atoms with Gasteiger partial charge in [0.2, 0.25) is 5.91 Å². The van der Waals surface area contributed by atoms with Gasteiger partial charge in [-0.05, 0) is 61.3 Å². The van der Waals surface area contributed by atoms with E-state index in [1.165, 1.54) is 5.56 Å². The fourth-order valence-electron chi connectivity index (χ4n) is 6.63. The zero-order valence-corrected chi connectivity index (χ0v) is 27.2. The second-order valence-electron chi connectivity index (χ2n) is 11.9. The molecule has 10 heteroatoms. The van der Waals surface area contributed by atoms with Crippen LogP contribution in [0.5, 0.6) is 0 Å². The molecule has 2 aliphatic rings. The van der Waals surface area contributed by atoms with E-state index < -0.39 is 17.8 Å². The number of methoxy groups -OCH3 is 1. The number of rotatable bonds is 13. The van der Waals surface area contributed by atoms with Gasteiger partial charge in [-0.25, -0.2) is 4.98 Å². The summed E-state index contributed by atoms with van der Waals surface area (Å²) in [6.45, 7) is 4.29. The summed E-state index contributed by atoms with van der Waals surface area (Å²) < 4.78 is 11.6. The summed E-state index contributed by atoms with van der Waals surface area (Å²) in [5.41, 5.74) is 2.22. The molecule has 44 heavy (non-hydrogen) atoms. The third-order valence-electron chi connectivity index (χ3n) is 9.05. The highest BCUT2D eigenvalue weighted by Gasteiger charge is 2.46. The number of amides is 1. The summed E-state index contributed by atoms with van der Waals surface area (Å²) in [4.78, 5) is 20.0. The molecule has 1 aliphatic carbocycles. The number of nitrogens with one attached hydrogen (secondary N) is 1. The number of unbranched alkanes of at least 4 members (excludes halogenated alkanes) is 1. The van der Waals surface area contributed by atoms with Crippen molar-refractivity contribution in [1.29, 1.82) is 0 Å². The summed E-state index contributed by atoms with van der Waals surface area (Å²) >= 11 is 8.43. The number of hydrogen-bond donors (Lipinski definition) is 3. The number of thiazole rings is 1. The molecule has 1 saturated carbocycles. The Morgan fingerprint density at radius 2 is 2.09 bits per heavy atom. The van der Waals surface area contributed by atoms with Crippen LogP contribution in [0.1, 0.15) is 55.2 Å². The van der Waals surface area contributed by atoms with Gasteiger partial charge >= 0.3 is 0 Å². The fraction of sp³-hybridized carbons (Fsp3) is 0.529. The Morgan fingerprint density at radius 3 is 2.86 bits per heavy atom. The van der Waals surface area contributed by atoms with Crippen LogP contribution in [0.25, 0.3) is 11.1 Å². The van der Waals surface area contributed by atoms with Crippen molar-refractivity contribution in [3.63, 3.8) is 0 Å². The first-order chi connectivity index (χ1) is 21.3. The second-order valence-corrected chi connectivity index (χ2v) is 13.3. The number of ether oxygens (including phenoxy) is 2. The largest absolute Gasteiger partial charge is 0.391 e. The Labute approximate surface area is 269 Å². The van der Waals surface area contributed by atoms with Crippen LogP contribution in [0.3, 0.4) is 0 Å². The van der Waals surface area contributed by atoms with Crippen LogP contribution in [0.15, 0.2) is 54.0 Å². The highest BCUT2D eigenvalue weighted by atomic mass is 35.5. The Hall–Kier alpha value is -2.37. The third kappa shape index (κ3) is 7.53. The van der Waals surface area contributed by atoms with Crippen LogP contribution in [0, 0.1) is 5.92 Å². The molecule has 5 rings (SSSR count). The van der Waals surface area contributed by atoms with Crippen LogP contribution in [0.2, 0.25) is 5.02 Å². The Balaban J connectivity index is 1.38. The van der Waals surface area contributed by atoms with Crippen molar-refractivity contribution in [2.75, 3.05) is 33.4 Å². The van der Waals surface area contributed by atoms with Crippen molar-refractivity contribution in [1.82, 2.24) is 15.2 Å². The zero-order valence-electron chi connectivity index (χ0n) is 25.6. The topological polar surface area (TPSA) is 104 Å². The average Bonchev–Trinajstić information content (AvgIpc) is 3.71. The Bertz CT molecular complexity index is 1370. The number of aliphatic hydroxyl groups is 2. The quantitative estimate of drug-likeness (QED) is 0.221. The van der Waals surface area contributed by atoms with E-state index in [0.717, 1.165) is 29.0 Å². The molecule has 8 nitrogen and oxygen atoms in total. The van der Waals surface area contributed by atoms with E-state index in [-0.39, 0.29) is 24.4 Å². The molecule has 5 atom stereocenters. The standard InChI is InChI=1S/C34H44ClN3O5S/c1-3-23-8-6-9-24(18-23)32-26(10-7-11-27(32)35)34(41,12-4-5-15-42-2)30-22-38(14-16-43-30)33(40)25-19-28(29(39)20-25)37-21-31-36-13-17-44-31/h6-11,13,17-18,25,28-30,37,39,41H,3-5,12,14-16,19-22H2,1-2H3/t25-,28+,29-,30?,34+/m0/s1. The van der Waals surface area contributed by atoms with Gasteiger partial charge in [-0.15, -0.1) is 11.3 Å². The van der Waals surface area contributed by atoms with Crippen LogP contribution >= 0.6 is 22.9 Å². The van der Waals surface area contributed by atoms with E-state index in [2.05, 4.69) is 29.4 Å². The maximum absolute atomic E-state index is 13.8. The van der Waals surface area contributed by atoms with Gasteiger partial charge in [-0.2, -0.15) is 0 Å². The molecule has 3 aromatic rings. The summed E-state index contributed by atoms with van der Waals surface area (Å²) in [5.74, 6) is -0.301. The van der Waals surface area contributed by atoms with Crippen molar-refractivity contribution < 1.29 is 24.5 Å². The first-order valence-corrected chi connectivity index (χ1v) is 16.9. The lowest BCUT2D eigenvalue weighted by Crippen LogP contribution is -2.55. The monoisotopic (exact) mass is 641 g/mol. The van der Waals surface area contributed by atoms with Gasteiger partial charge in [0, 0.05) is 60.9 Å². The lowest BCUT2D eigenvalue weighted by Gasteiger charge is -2.44. The van der Waals surface area contributed by atoms with E-state index in [0.29, 0.717) is 62.6 Å². The van der Waals surface area contributed by atoms with Crippen molar-refractivity contribution in [3.05, 3.63) is 75.2 Å². The summed E-state index contributed by atoms with van der Waals surface area (Å²) in [7, 11) is 1.68.